The molecule has 1 aliphatic heterocycles. The van der Waals surface area contributed by atoms with E-state index >= 15 is 0 Å². The minimum Gasteiger partial charge on any atom is -0.342 e. The molecule has 2 aliphatic rings. The van der Waals surface area contributed by atoms with Crippen molar-refractivity contribution in [3.63, 3.8) is 0 Å². The van der Waals surface area contributed by atoms with Gasteiger partial charge in [-0.3, -0.25) is 9.59 Å². The second-order valence-corrected chi connectivity index (χ2v) is 6.29. The fourth-order valence-electron chi connectivity index (χ4n) is 3.74. The second kappa shape index (κ2) is 6.59. The van der Waals surface area contributed by atoms with Crippen LogP contribution in [0.25, 0.3) is 0 Å². The van der Waals surface area contributed by atoms with Gasteiger partial charge in [0.05, 0.1) is 0 Å². The molecule has 1 heterocycles. The Morgan fingerprint density at radius 2 is 1.90 bits per heavy atom. The first-order chi connectivity index (χ1) is 9.63. The van der Waals surface area contributed by atoms with Crippen molar-refractivity contribution in [3.8, 4) is 0 Å². The van der Waals surface area contributed by atoms with Crippen LogP contribution in [0.1, 0.15) is 71.6 Å². The highest BCUT2D eigenvalue weighted by Crippen LogP contribution is 2.33. The SMILES string of the molecule is CCCC(CC)N1CCC(=O)NC2(CCCCC2)C1=O. The van der Waals surface area contributed by atoms with Gasteiger partial charge in [0.1, 0.15) is 5.54 Å². The Bertz CT molecular complexity index is 361. The molecule has 0 bridgehead atoms. The molecule has 20 heavy (non-hydrogen) atoms. The van der Waals surface area contributed by atoms with E-state index < -0.39 is 5.54 Å². The lowest BCUT2D eigenvalue weighted by molar-refractivity contribution is -0.142. The van der Waals surface area contributed by atoms with Crippen molar-refractivity contribution in [2.24, 2.45) is 0 Å². The van der Waals surface area contributed by atoms with Crippen LogP contribution in [0.3, 0.4) is 0 Å². The molecule has 114 valence electrons. The van der Waals surface area contributed by atoms with Gasteiger partial charge in [-0.15, -0.1) is 0 Å². The maximum atomic E-state index is 13.1. The number of nitrogens with one attached hydrogen (secondary N) is 1. The largest absolute Gasteiger partial charge is 0.342 e. The monoisotopic (exact) mass is 280 g/mol. The van der Waals surface area contributed by atoms with Gasteiger partial charge < -0.3 is 10.2 Å². The molecule has 1 saturated carbocycles. The summed E-state index contributed by atoms with van der Waals surface area (Å²) >= 11 is 0. The zero-order valence-electron chi connectivity index (χ0n) is 12.9. The minimum absolute atomic E-state index is 0.0501. The maximum absolute atomic E-state index is 13.1. The molecule has 0 aromatic rings. The fourth-order valence-corrected chi connectivity index (χ4v) is 3.74. The van der Waals surface area contributed by atoms with E-state index in [2.05, 4.69) is 19.2 Å². The zero-order valence-corrected chi connectivity index (χ0v) is 12.9. The van der Waals surface area contributed by atoms with Crippen LogP contribution in [0.4, 0.5) is 0 Å². The smallest absolute Gasteiger partial charge is 0.248 e. The number of amides is 2. The van der Waals surface area contributed by atoms with Crippen molar-refractivity contribution < 1.29 is 9.59 Å². The second-order valence-electron chi connectivity index (χ2n) is 6.29. The standard InChI is InChI=1S/C16H28N2O2/c1-3-8-13(4-2)18-12-9-14(19)17-16(15(18)20)10-6-5-7-11-16/h13H,3-12H2,1-2H3,(H,17,19). The van der Waals surface area contributed by atoms with Crippen LogP contribution in [0.2, 0.25) is 0 Å². The zero-order chi connectivity index (χ0) is 14.6. The molecule has 1 spiro atoms. The molecule has 2 rings (SSSR count). The Balaban J connectivity index is 2.24. The van der Waals surface area contributed by atoms with Gasteiger partial charge in [0.15, 0.2) is 0 Å². The molecular weight excluding hydrogens is 252 g/mol. The van der Waals surface area contributed by atoms with E-state index in [1.807, 2.05) is 4.90 Å². The van der Waals surface area contributed by atoms with E-state index in [-0.39, 0.29) is 11.8 Å². The average molecular weight is 280 g/mol. The van der Waals surface area contributed by atoms with Crippen LogP contribution in [0.15, 0.2) is 0 Å². The summed E-state index contributed by atoms with van der Waals surface area (Å²) < 4.78 is 0. The van der Waals surface area contributed by atoms with E-state index in [9.17, 15) is 9.59 Å². The van der Waals surface area contributed by atoms with Gasteiger partial charge in [-0.25, -0.2) is 0 Å². The van der Waals surface area contributed by atoms with Gasteiger partial charge in [0.25, 0.3) is 0 Å². The summed E-state index contributed by atoms with van der Waals surface area (Å²) in [5.41, 5.74) is -0.590. The Hall–Kier alpha value is -1.06. The summed E-state index contributed by atoms with van der Waals surface area (Å²) in [6.07, 6.45) is 8.44. The molecule has 4 nitrogen and oxygen atoms in total. The van der Waals surface area contributed by atoms with Crippen molar-refractivity contribution in [3.05, 3.63) is 0 Å². The average Bonchev–Trinajstić information content (AvgIpc) is 2.56. The molecule has 1 N–H and O–H groups in total. The Kier molecular flexibility index (Phi) is 5.06. The number of nitrogens with zero attached hydrogens (tertiary/aromatic N) is 1. The highest BCUT2D eigenvalue weighted by molar-refractivity contribution is 5.93. The normalized spacial score (nSPS) is 24.4. The number of hydrogen-bond donors (Lipinski definition) is 1. The van der Waals surface area contributed by atoms with Crippen LogP contribution in [-0.2, 0) is 9.59 Å². The van der Waals surface area contributed by atoms with E-state index in [4.69, 9.17) is 0 Å². The van der Waals surface area contributed by atoms with Gasteiger partial charge in [0, 0.05) is 19.0 Å². The maximum Gasteiger partial charge on any atom is 0.248 e. The van der Waals surface area contributed by atoms with Gasteiger partial charge in [-0.2, -0.15) is 0 Å². The summed E-state index contributed by atoms with van der Waals surface area (Å²) in [6, 6.07) is 0.291. The molecule has 1 aliphatic carbocycles. The van der Waals surface area contributed by atoms with E-state index in [0.29, 0.717) is 19.0 Å². The number of hydrogen-bond acceptors (Lipinski definition) is 2. The Labute approximate surface area is 122 Å². The van der Waals surface area contributed by atoms with Crippen LogP contribution in [0, 0.1) is 0 Å². The Morgan fingerprint density at radius 1 is 1.20 bits per heavy atom. The third-order valence-corrected chi connectivity index (χ3v) is 4.87. The van der Waals surface area contributed by atoms with Crippen LogP contribution < -0.4 is 5.32 Å². The van der Waals surface area contributed by atoms with Crippen molar-refractivity contribution in [1.82, 2.24) is 10.2 Å². The lowest BCUT2D eigenvalue weighted by Crippen LogP contribution is -2.59. The van der Waals surface area contributed by atoms with Crippen LogP contribution in [-0.4, -0.2) is 34.8 Å². The predicted octanol–water partition coefficient (Wildman–Crippen LogP) is 2.62. The molecule has 1 unspecified atom stereocenters. The first-order valence-electron chi connectivity index (χ1n) is 8.25. The van der Waals surface area contributed by atoms with Crippen molar-refractivity contribution in [1.29, 1.82) is 0 Å². The van der Waals surface area contributed by atoms with E-state index in [1.165, 1.54) is 6.42 Å². The minimum atomic E-state index is -0.590. The van der Waals surface area contributed by atoms with Gasteiger partial charge >= 0.3 is 0 Å². The molecular formula is C16H28N2O2. The third-order valence-electron chi connectivity index (χ3n) is 4.87. The molecule has 0 aromatic heterocycles. The van der Waals surface area contributed by atoms with E-state index in [0.717, 1.165) is 44.9 Å². The number of carbonyl (C=O) groups excluding carboxylic acids is 2. The number of rotatable bonds is 4. The predicted molar refractivity (Wildman–Crippen MR) is 79.3 cm³/mol. The highest BCUT2D eigenvalue weighted by atomic mass is 16.2. The quantitative estimate of drug-likeness (QED) is 0.860. The molecule has 4 heteroatoms. The fraction of sp³-hybridized carbons (Fsp3) is 0.875. The van der Waals surface area contributed by atoms with Crippen molar-refractivity contribution in [2.75, 3.05) is 6.54 Å². The number of carbonyl (C=O) groups is 2. The third kappa shape index (κ3) is 2.99. The lowest BCUT2D eigenvalue weighted by Gasteiger charge is -2.40. The van der Waals surface area contributed by atoms with Gasteiger partial charge in [-0.05, 0) is 25.7 Å². The first-order valence-corrected chi connectivity index (χ1v) is 8.25. The molecule has 0 aromatic carbocycles. The Morgan fingerprint density at radius 3 is 2.50 bits per heavy atom. The molecule has 0 radical (unpaired) electrons. The molecule has 2 amide bonds. The van der Waals surface area contributed by atoms with Crippen LogP contribution >= 0.6 is 0 Å². The van der Waals surface area contributed by atoms with Crippen molar-refractivity contribution in [2.45, 2.75) is 83.2 Å². The molecule has 1 saturated heterocycles. The van der Waals surface area contributed by atoms with Crippen LogP contribution in [0.5, 0.6) is 0 Å². The summed E-state index contributed by atoms with van der Waals surface area (Å²) in [7, 11) is 0. The summed E-state index contributed by atoms with van der Waals surface area (Å²) in [4.78, 5) is 27.1. The highest BCUT2D eigenvalue weighted by Gasteiger charge is 2.46. The van der Waals surface area contributed by atoms with Gasteiger partial charge in [-0.1, -0.05) is 39.5 Å². The van der Waals surface area contributed by atoms with Crippen molar-refractivity contribution >= 4 is 11.8 Å². The lowest BCUT2D eigenvalue weighted by atomic mass is 9.80. The molecule has 1 atom stereocenters. The van der Waals surface area contributed by atoms with Gasteiger partial charge in [0.2, 0.25) is 11.8 Å². The first kappa shape index (κ1) is 15.3. The topological polar surface area (TPSA) is 49.4 Å². The molecule has 2 fully saturated rings. The summed E-state index contributed by atoms with van der Waals surface area (Å²) in [5.74, 6) is 0.234. The van der Waals surface area contributed by atoms with E-state index in [1.54, 1.807) is 0 Å². The summed E-state index contributed by atoms with van der Waals surface area (Å²) in [6.45, 7) is 4.89. The summed E-state index contributed by atoms with van der Waals surface area (Å²) in [5, 5.41) is 3.06.